The molecule has 1 aromatic rings. The van der Waals surface area contributed by atoms with Gasteiger partial charge in [0.1, 0.15) is 5.75 Å². The Hall–Kier alpha value is -1.51. The van der Waals surface area contributed by atoms with Crippen LogP contribution in [0.3, 0.4) is 0 Å². The van der Waals surface area contributed by atoms with Gasteiger partial charge in [-0.25, -0.2) is 0 Å². The number of aliphatic imine (C=N–C) groups is 1. The number of ether oxygens (including phenoxy) is 1. The summed E-state index contributed by atoms with van der Waals surface area (Å²) in [6.07, 6.45) is 5.24. The van der Waals surface area contributed by atoms with Crippen LogP contribution in [0, 0.1) is 6.92 Å². The standard InChI is InChI=1S/C21H34N4O2.HI/c1-15(2)27-19-13-16(3)9-10-17(19)14-24-21(22-4)23-12-11-20(26)25-18-7-5-6-8-18;/h9-10,13,15,18H,5-8,11-12,14H2,1-4H3,(H,25,26)(H2,22,23,24);1H. The number of benzene rings is 1. The molecule has 1 fully saturated rings. The lowest BCUT2D eigenvalue weighted by atomic mass is 10.1. The number of hydrogen-bond donors (Lipinski definition) is 3. The number of rotatable bonds is 8. The summed E-state index contributed by atoms with van der Waals surface area (Å²) < 4.78 is 5.91. The van der Waals surface area contributed by atoms with Gasteiger partial charge < -0.3 is 20.7 Å². The zero-order valence-corrected chi connectivity index (χ0v) is 19.8. The van der Waals surface area contributed by atoms with Gasteiger partial charge in [0.05, 0.1) is 6.10 Å². The number of amides is 1. The third-order valence-corrected chi connectivity index (χ3v) is 4.62. The van der Waals surface area contributed by atoms with Crippen LogP contribution < -0.4 is 20.7 Å². The molecule has 28 heavy (non-hydrogen) atoms. The predicted molar refractivity (Wildman–Crippen MR) is 126 cm³/mol. The van der Waals surface area contributed by atoms with Crippen molar-refractivity contribution in [2.75, 3.05) is 13.6 Å². The topological polar surface area (TPSA) is 74.8 Å². The van der Waals surface area contributed by atoms with Gasteiger partial charge in [-0.3, -0.25) is 9.79 Å². The third-order valence-electron chi connectivity index (χ3n) is 4.62. The summed E-state index contributed by atoms with van der Waals surface area (Å²) in [5.41, 5.74) is 2.25. The minimum Gasteiger partial charge on any atom is -0.491 e. The number of carbonyl (C=O) groups is 1. The zero-order chi connectivity index (χ0) is 19.6. The molecular formula is C21H35IN4O2. The average molecular weight is 502 g/mol. The number of carbonyl (C=O) groups excluding carboxylic acids is 1. The molecule has 0 bridgehead atoms. The number of hydrogen-bond acceptors (Lipinski definition) is 3. The van der Waals surface area contributed by atoms with E-state index >= 15 is 0 Å². The van der Waals surface area contributed by atoms with Crippen LogP contribution in [-0.4, -0.2) is 37.6 Å². The van der Waals surface area contributed by atoms with Gasteiger partial charge in [0.25, 0.3) is 0 Å². The molecule has 1 aliphatic carbocycles. The van der Waals surface area contributed by atoms with Crippen molar-refractivity contribution in [2.24, 2.45) is 4.99 Å². The maximum absolute atomic E-state index is 12.0. The summed E-state index contributed by atoms with van der Waals surface area (Å²) in [6.45, 7) is 7.27. The highest BCUT2D eigenvalue weighted by Crippen LogP contribution is 2.21. The Bertz CT molecular complexity index is 643. The van der Waals surface area contributed by atoms with Crippen LogP contribution in [0.4, 0.5) is 0 Å². The van der Waals surface area contributed by atoms with Gasteiger partial charge in [0.15, 0.2) is 5.96 Å². The Labute approximate surface area is 186 Å². The van der Waals surface area contributed by atoms with Crippen LogP contribution in [0.2, 0.25) is 0 Å². The quantitative estimate of drug-likeness (QED) is 0.289. The van der Waals surface area contributed by atoms with E-state index in [0.717, 1.165) is 24.2 Å². The summed E-state index contributed by atoms with van der Waals surface area (Å²) in [7, 11) is 1.73. The van der Waals surface area contributed by atoms with Crippen molar-refractivity contribution in [1.82, 2.24) is 16.0 Å². The molecule has 0 heterocycles. The van der Waals surface area contributed by atoms with Crippen molar-refractivity contribution in [3.8, 4) is 5.75 Å². The van der Waals surface area contributed by atoms with E-state index in [9.17, 15) is 4.79 Å². The van der Waals surface area contributed by atoms with Crippen molar-refractivity contribution in [3.63, 3.8) is 0 Å². The lowest BCUT2D eigenvalue weighted by Gasteiger charge is -2.17. The number of halogens is 1. The Morgan fingerprint density at radius 3 is 2.61 bits per heavy atom. The van der Waals surface area contributed by atoms with Crippen molar-refractivity contribution >= 4 is 35.8 Å². The Balaban J connectivity index is 0.00000392. The summed E-state index contributed by atoms with van der Waals surface area (Å²) >= 11 is 0. The molecule has 0 saturated heterocycles. The van der Waals surface area contributed by atoms with Crippen LogP contribution in [0.1, 0.15) is 57.1 Å². The SMILES string of the molecule is CN=C(NCCC(=O)NC1CCCC1)NCc1ccc(C)cc1OC(C)C.I. The van der Waals surface area contributed by atoms with E-state index in [2.05, 4.69) is 46.1 Å². The van der Waals surface area contributed by atoms with Gasteiger partial charge in [-0.1, -0.05) is 25.0 Å². The Morgan fingerprint density at radius 2 is 1.96 bits per heavy atom. The maximum atomic E-state index is 12.0. The summed E-state index contributed by atoms with van der Waals surface area (Å²) in [4.78, 5) is 16.2. The van der Waals surface area contributed by atoms with Crippen LogP contribution >= 0.6 is 24.0 Å². The first-order chi connectivity index (χ1) is 13.0. The maximum Gasteiger partial charge on any atom is 0.221 e. The highest BCUT2D eigenvalue weighted by molar-refractivity contribution is 14.0. The third kappa shape index (κ3) is 8.67. The average Bonchev–Trinajstić information content (AvgIpc) is 3.11. The highest BCUT2D eigenvalue weighted by Gasteiger charge is 2.16. The van der Waals surface area contributed by atoms with E-state index in [0.29, 0.717) is 31.5 Å². The minimum atomic E-state index is 0. The fraction of sp³-hybridized carbons (Fsp3) is 0.619. The Kier molecular flexibility index (Phi) is 11.3. The largest absolute Gasteiger partial charge is 0.491 e. The number of nitrogens with one attached hydrogen (secondary N) is 3. The first-order valence-corrected chi connectivity index (χ1v) is 9.98. The molecule has 0 aromatic heterocycles. The summed E-state index contributed by atoms with van der Waals surface area (Å²) in [5.74, 6) is 1.68. The monoisotopic (exact) mass is 502 g/mol. The van der Waals surface area contributed by atoms with Crippen molar-refractivity contribution in [3.05, 3.63) is 29.3 Å². The normalized spacial score (nSPS) is 14.5. The molecule has 0 radical (unpaired) electrons. The molecule has 1 saturated carbocycles. The lowest BCUT2D eigenvalue weighted by Crippen LogP contribution is -2.40. The van der Waals surface area contributed by atoms with E-state index in [1.165, 1.54) is 18.4 Å². The second kappa shape index (κ2) is 12.9. The fourth-order valence-electron chi connectivity index (χ4n) is 3.24. The van der Waals surface area contributed by atoms with Gasteiger partial charge in [-0.05, 0) is 45.2 Å². The second-order valence-corrected chi connectivity index (χ2v) is 7.43. The zero-order valence-electron chi connectivity index (χ0n) is 17.5. The second-order valence-electron chi connectivity index (χ2n) is 7.43. The van der Waals surface area contributed by atoms with E-state index in [1.807, 2.05) is 13.8 Å². The fourth-order valence-corrected chi connectivity index (χ4v) is 3.24. The molecule has 0 aliphatic heterocycles. The first kappa shape index (κ1) is 24.5. The van der Waals surface area contributed by atoms with E-state index in [4.69, 9.17) is 4.74 Å². The smallest absolute Gasteiger partial charge is 0.221 e. The van der Waals surface area contributed by atoms with Crippen LogP contribution in [0.5, 0.6) is 5.75 Å². The molecule has 1 aromatic carbocycles. The van der Waals surface area contributed by atoms with Gasteiger partial charge in [0.2, 0.25) is 5.91 Å². The van der Waals surface area contributed by atoms with E-state index < -0.39 is 0 Å². The van der Waals surface area contributed by atoms with Crippen LogP contribution in [0.15, 0.2) is 23.2 Å². The Morgan fingerprint density at radius 1 is 1.25 bits per heavy atom. The van der Waals surface area contributed by atoms with Crippen LogP contribution in [0.25, 0.3) is 0 Å². The van der Waals surface area contributed by atoms with Crippen molar-refractivity contribution < 1.29 is 9.53 Å². The lowest BCUT2D eigenvalue weighted by molar-refractivity contribution is -0.121. The minimum absolute atomic E-state index is 0. The molecule has 0 atom stereocenters. The molecule has 1 aliphatic rings. The molecule has 7 heteroatoms. The van der Waals surface area contributed by atoms with Gasteiger partial charge in [-0.2, -0.15) is 0 Å². The number of guanidine groups is 1. The summed E-state index contributed by atoms with van der Waals surface area (Å²) in [5, 5.41) is 9.60. The predicted octanol–water partition coefficient (Wildman–Crippen LogP) is 3.51. The highest BCUT2D eigenvalue weighted by atomic mass is 127. The molecular weight excluding hydrogens is 467 g/mol. The molecule has 3 N–H and O–H groups in total. The first-order valence-electron chi connectivity index (χ1n) is 9.98. The van der Waals surface area contributed by atoms with E-state index in [1.54, 1.807) is 7.05 Å². The molecule has 0 unspecified atom stereocenters. The number of nitrogens with zero attached hydrogens (tertiary/aromatic N) is 1. The molecule has 158 valence electrons. The summed E-state index contributed by atoms with van der Waals surface area (Å²) in [6, 6.07) is 6.58. The van der Waals surface area contributed by atoms with Gasteiger partial charge in [0, 0.05) is 38.2 Å². The van der Waals surface area contributed by atoms with Crippen LogP contribution in [-0.2, 0) is 11.3 Å². The number of aryl methyl sites for hydroxylation is 1. The van der Waals surface area contributed by atoms with E-state index in [-0.39, 0.29) is 36.0 Å². The van der Waals surface area contributed by atoms with Gasteiger partial charge >= 0.3 is 0 Å². The van der Waals surface area contributed by atoms with Crippen molar-refractivity contribution in [2.45, 2.75) is 71.6 Å². The van der Waals surface area contributed by atoms with Crippen molar-refractivity contribution in [1.29, 1.82) is 0 Å². The van der Waals surface area contributed by atoms with Gasteiger partial charge in [-0.15, -0.1) is 24.0 Å². The molecule has 1 amide bonds. The molecule has 0 spiro atoms. The molecule has 2 rings (SSSR count). The molecule has 6 nitrogen and oxygen atoms in total.